The van der Waals surface area contributed by atoms with Crippen LogP contribution >= 0.6 is 35.4 Å². The average molecular weight is 369 g/mol. The molecular weight excluding hydrogens is 351 g/mol. The van der Waals surface area contributed by atoms with E-state index in [2.05, 4.69) is 17.1 Å². The van der Waals surface area contributed by atoms with Crippen molar-refractivity contribution in [3.63, 3.8) is 0 Å². The summed E-state index contributed by atoms with van der Waals surface area (Å²) in [6.45, 7) is 2.91. The average Bonchev–Trinajstić information content (AvgIpc) is 2.50. The first-order chi connectivity index (χ1) is 11.0. The van der Waals surface area contributed by atoms with Gasteiger partial charge in [0.1, 0.15) is 0 Å². The molecule has 0 bridgehead atoms. The van der Waals surface area contributed by atoms with Gasteiger partial charge in [0, 0.05) is 39.8 Å². The van der Waals surface area contributed by atoms with Gasteiger partial charge in [0.25, 0.3) is 0 Å². The van der Waals surface area contributed by atoms with E-state index in [0.717, 1.165) is 42.6 Å². The normalized spacial score (nSPS) is 21.3. The lowest BCUT2D eigenvalue weighted by molar-refractivity contribution is -0.116. The van der Waals surface area contributed by atoms with Crippen LogP contribution in [0.4, 0.5) is 0 Å². The van der Waals surface area contributed by atoms with E-state index in [0.29, 0.717) is 21.6 Å². The first-order valence-electron chi connectivity index (χ1n) is 7.82. The van der Waals surface area contributed by atoms with Gasteiger partial charge in [-0.1, -0.05) is 36.2 Å². The van der Waals surface area contributed by atoms with Crippen molar-refractivity contribution in [1.82, 2.24) is 10.2 Å². The number of rotatable bonds is 3. The molecule has 0 aromatic heterocycles. The molecule has 0 fully saturated rings. The Morgan fingerprint density at radius 2 is 2.00 bits per heavy atom. The molecule has 1 atom stereocenters. The van der Waals surface area contributed by atoms with Crippen LogP contribution in [0.2, 0.25) is 10.0 Å². The highest BCUT2D eigenvalue weighted by Gasteiger charge is 2.38. The number of Topliss-reactive ketones (excluding diaryl/α,β-unsaturated/α-hetero) is 1. The molecule has 1 aliphatic carbocycles. The predicted octanol–water partition coefficient (Wildman–Crippen LogP) is 4.64. The van der Waals surface area contributed by atoms with Gasteiger partial charge in [0.05, 0.1) is 6.04 Å². The van der Waals surface area contributed by atoms with Gasteiger partial charge >= 0.3 is 0 Å². The van der Waals surface area contributed by atoms with Gasteiger partial charge in [-0.2, -0.15) is 0 Å². The smallest absolute Gasteiger partial charge is 0.173 e. The van der Waals surface area contributed by atoms with Gasteiger partial charge in [0.2, 0.25) is 0 Å². The second-order valence-corrected chi connectivity index (χ2v) is 7.01. The van der Waals surface area contributed by atoms with Crippen molar-refractivity contribution < 1.29 is 4.79 Å². The number of ketones is 1. The number of nitrogens with one attached hydrogen (secondary N) is 1. The number of benzene rings is 1. The van der Waals surface area contributed by atoms with Gasteiger partial charge in [-0.15, -0.1) is 0 Å². The van der Waals surface area contributed by atoms with E-state index in [-0.39, 0.29) is 11.8 Å². The first kappa shape index (κ1) is 16.7. The third-order valence-electron chi connectivity index (χ3n) is 4.29. The summed E-state index contributed by atoms with van der Waals surface area (Å²) in [5, 5.41) is 5.02. The summed E-state index contributed by atoms with van der Waals surface area (Å²) in [5.74, 6) is 0.156. The molecule has 0 amide bonds. The number of halogens is 2. The van der Waals surface area contributed by atoms with Crippen LogP contribution in [0.15, 0.2) is 29.5 Å². The Labute approximate surface area is 151 Å². The van der Waals surface area contributed by atoms with Crippen LogP contribution in [-0.2, 0) is 4.79 Å². The molecule has 0 spiro atoms. The molecule has 122 valence electrons. The maximum atomic E-state index is 12.6. The van der Waals surface area contributed by atoms with Crippen molar-refractivity contribution in [3.05, 3.63) is 45.1 Å². The number of allylic oxidation sites excluding steroid dienone is 1. The van der Waals surface area contributed by atoms with Crippen molar-refractivity contribution in [1.29, 1.82) is 0 Å². The summed E-state index contributed by atoms with van der Waals surface area (Å²) in [5.41, 5.74) is 2.54. The van der Waals surface area contributed by atoms with Crippen LogP contribution in [-0.4, -0.2) is 22.3 Å². The van der Waals surface area contributed by atoms with Crippen LogP contribution < -0.4 is 5.32 Å². The Bertz CT molecular complexity index is 682. The molecule has 0 saturated carbocycles. The number of carbonyl (C=O) groups excluding carboxylic acids is 1. The van der Waals surface area contributed by atoms with Crippen molar-refractivity contribution >= 4 is 46.3 Å². The Kier molecular flexibility index (Phi) is 4.95. The lowest BCUT2D eigenvalue weighted by atomic mass is 9.84. The summed E-state index contributed by atoms with van der Waals surface area (Å²) in [6.07, 6.45) is 3.25. The molecule has 0 radical (unpaired) electrons. The zero-order valence-electron chi connectivity index (χ0n) is 12.9. The van der Waals surface area contributed by atoms with Crippen LogP contribution in [0.5, 0.6) is 0 Å². The Hall–Kier alpha value is -1.10. The minimum absolute atomic E-state index is 0.156. The standard InChI is InChI=1S/C17H18Cl2N2OS/c1-2-9-21-12-7-4-8-13(22)15(12)16(20-17(21)23)14-10(18)5-3-6-11(14)19/h3,5-6,16H,2,4,7-9H2,1H3,(H,20,23). The van der Waals surface area contributed by atoms with E-state index in [4.69, 9.17) is 35.4 Å². The molecule has 1 N–H and O–H groups in total. The van der Waals surface area contributed by atoms with Gasteiger partial charge < -0.3 is 10.2 Å². The van der Waals surface area contributed by atoms with Crippen molar-refractivity contribution in [2.75, 3.05) is 6.54 Å². The first-order valence-corrected chi connectivity index (χ1v) is 8.99. The fourth-order valence-corrected chi connectivity index (χ4v) is 4.25. The lowest BCUT2D eigenvalue weighted by Gasteiger charge is -2.41. The monoisotopic (exact) mass is 368 g/mol. The summed E-state index contributed by atoms with van der Waals surface area (Å²) in [4.78, 5) is 14.7. The maximum Gasteiger partial charge on any atom is 0.173 e. The van der Waals surface area contributed by atoms with Crippen LogP contribution in [0.25, 0.3) is 0 Å². The highest BCUT2D eigenvalue weighted by molar-refractivity contribution is 7.80. The fraction of sp³-hybridized carbons (Fsp3) is 0.412. The summed E-state index contributed by atoms with van der Waals surface area (Å²) in [7, 11) is 0. The zero-order chi connectivity index (χ0) is 16.6. The summed E-state index contributed by atoms with van der Waals surface area (Å²) < 4.78 is 0. The van der Waals surface area contributed by atoms with E-state index in [9.17, 15) is 4.79 Å². The minimum Gasteiger partial charge on any atom is -0.351 e. The molecule has 1 heterocycles. The molecular formula is C17H18Cl2N2OS. The summed E-state index contributed by atoms with van der Waals surface area (Å²) >= 11 is 18.3. The fourth-order valence-electron chi connectivity index (χ4n) is 3.31. The molecule has 6 heteroatoms. The Morgan fingerprint density at radius 3 is 2.65 bits per heavy atom. The van der Waals surface area contributed by atoms with Gasteiger partial charge in [-0.3, -0.25) is 4.79 Å². The third-order valence-corrected chi connectivity index (χ3v) is 5.29. The minimum atomic E-state index is -0.361. The number of carbonyl (C=O) groups is 1. The van der Waals surface area contributed by atoms with E-state index >= 15 is 0 Å². The molecule has 1 aliphatic heterocycles. The molecule has 3 nitrogen and oxygen atoms in total. The SMILES string of the molecule is CCCN1C(=S)NC(c2c(Cl)cccc2Cl)C2=C1CCCC2=O. The van der Waals surface area contributed by atoms with E-state index in [1.54, 1.807) is 18.2 Å². The van der Waals surface area contributed by atoms with Gasteiger partial charge in [-0.25, -0.2) is 0 Å². The van der Waals surface area contributed by atoms with Crippen LogP contribution in [0.3, 0.4) is 0 Å². The van der Waals surface area contributed by atoms with E-state index < -0.39 is 0 Å². The number of hydrogen-bond donors (Lipinski definition) is 1. The summed E-state index contributed by atoms with van der Waals surface area (Å²) in [6, 6.07) is 5.02. The second kappa shape index (κ2) is 6.80. The molecule has 1 aromatic carbocycles. The van der Waals surface area contributed by atoms with E-state index in [1.807, 2.05) is 0 Å². The second-order valence-electron chi connectivity index (χ2n) is 5.81. The van der Waals surface area contributed by atoms with Crippen molar-refractivity contribution in [2.45, 2.75) is 38.6 Å². The third kappa shape index (κ3) is 3.00. The number of thiocarbonyl (C=S) groups is 1. The maximum absolute atomic E-state index is 12.6. The Morgan fingerprint density at radius 1 is 1.30 bits per heavy atom. The Balaban J connectivity index is 2.16. The lowest BCUT2D eigenvalue weighted by Crippen LogP contribution is -2.49. The molecule has 1 unspecified atom stereocenters. The molecule has 2 aliphatic rings. The number of hydrogen-bond acceptors (Lipinski definition) is 2. The topological polar surface area (TPSA) is 32.3 Å². The van der Waals surface area contributed by atoms with Crippen LogP contribution in [0, 0.1) is 0 Å². The van der Waals surface area contributed by atoms with Crippen molar-refractivity contribution in [2.24, 2.45) is 0 Å². The molecule has 1 aromatic rings. The molecule has 23 heavy (non-hydrogen) atoms. The zero-order valence-corrected chi connectivity index (χ0v) is 15.2. The van der Waals surface area contributed by atoms with Crippen molar-refractivity contribution in [3.8, 4) is 0 Å². The predicted molar refractivity (Wildman–Crippen MR) is 97.8 cm³/mol. The van der Waals surface area contributed by atoms with Gasteiger partial charge in [0.15, 0.2) is 10.9 Å². The largest absolute Gasteiger partial charge is 0.351 e. The van der Waals surface area contributed by atoms with E-state index in [1.165, 1.54) is 0 Å². The number of nitrogens with zero attached hydrogens (tertiary/aromatic N) is 1. The quantitative estimate of drug-likeness (QED) is 0.787. The molecule has 3 rings (SSSR count). The molecule has 0 saturated heterocycles. The highest BCUT2D eigenvalue weighted by atomic mass is 35.5. The highest BCUT2D eigenvalue weighted by Crippen LogP contribution is 2.41. The van der Waals surface area contributed by atoms with Crippen LogP contribution in [0.1, 0.15) is 44.2 Å². The van der Waals surface area contributed by atoms with Gasteiger partial charge in [-0.05, 0) is 43.6 Å².